The number of aryl methyl sites for hydroxylation is 2. The molecule has 1 saturated carbocycles. The smallest absolute Gasteiger partial charge is 0.0211 e. The van der Waals surface area contributed by atoms with E-state index in [1.807, 2.05) is 0 Å². The molecule has 0 saturated heterocycles. The molecule has 2 rings (SSSR count). The average molecular weight is 246 g/mol. The Morgan fingerprint density at radius 3 is 2.44 bits per heavy atom. The van der Waals surface area contributed by atoms with Crippen LogP contribution in [0.3, 0.4) is 0 Å². The molecule has 0 spiro atoms. The molecule has 0 radical (unpaired) electrons. The minimum Gasteiger partial charge on any atom is -0.311 e. The van der Waals surface area contributed by atoms with Gasteiger partial charge < -0.3 is 5.32 Å². The molecule has 2 nitrogen and oxygen atoms in total. The summed E-state index contributed by atoms with van der Waals surface area (Å²) in [6, 6.07) is 7.43. The van der Waals surface area contributed by atoms with Gasteiger partial charge in [0.2, 0.25) is 0 Å². The van der Waals surface area contributed by atoms with Crippen LogP contribution in [-0.2, 0) is 6.54 Å². The van der Waals surface area contributed by atoms with Crippen LogP contribution in [0.1, 0.15) is 36.5 Å². The third-order valence-corrected chi connectivity index (χ3v) is 3.99. The third kappa shape index (κ3) is 3.56. The van der Waals surface area contributed by atoms with Gasteiger partial charge in [-0.1, -0.05) is 25.1 Å². The van der Waals surface area contributed by atoms with Crippen molar-refractivity contribution in [2.45, 2.75) is 46.2 Å². The van der Waals surface area contributed by atoms with E-state index in [0.717, 1.165) is 19.1 Å². The number of nitrogens with one attached hydrogen (secondary N) is 1. The summed E-state index contributed by atoms with van der Waals surface area (Å²) in [5, 5.41) is 3.59. The molecule has 1 aliphatic carbocycles. The summed E-state index contributed by atoms with van der Waals surface area (Å²) in [7, 11) is 0. The fourth-order valence-corrected chi connectivity index (χ4v) is 2.60. The van der Waals surface area contributed by atoms with Gasteiger partial charge in [0.15, 0.2) is 0 Å². The van der Waals surface area contributed by atoms with Crippen molar-refractivity contribution in [3.8, 4) is 0 Å². The Morgan fingerprint density at radius 1 is 1.22 bits per heavy atom. The first-order valence-corrected chi connectivity index (χ1v) is 7.22. The highest BCUT2D eigenvalue weighted by molar-refractivity contribution is 5.33. The van der Waals surface area contributed by atoms with Crippen LogP contribution < -0.4 is 5.32 Å². The van der Waals surface area contributed by atoms with E-state index in [4.69, 9.17) is 0 Å². The molecule has 2 heteroatoms. The molecular formula is C16H26N2. The predicted octanol–water partition coefficient (Wildman–Crippen LogP) is 2.88. The summed E-state index contributed by atoms with van der Waals surface area (Å²) in [5.74, 6) is 0. The van der Waals surface area contributed by atoms with Crippen molar-refractivity contribution in [1.29, 1.82) is 0 Å². The van der Waals surface area contributed by atoms with Crippen LogP contribution in [0.2, 0.25) is 0 Å². The van der Waals surface area contributed by atoms with Gasteiger partial charge in [-0.25, -0.2) is 0 Å². The summed E-state index contributed by atoms with van der Waals surface area (Å²) >= 11 is 0. The van der Waals surface area contributed by atoms with Crippen LogP contribution >= 0.6 is 0 Å². The lowest BCUT2D eigenvalue weighted by atomic mass is 10.0. The molecule has 0 atom stereocenters. The fourth-order valence-electron chi connectivity index (χ4n) is 2.60. The van der Waals surface area contributed by atoms with Crippen LogP contribution in [0.4, 0.5) is 0 Å². The molecular weight excluding hydrogens is 220 g/mol. The largest absolute Gasteiger partial charge is 0.311 e. The van der Waals surface area contributed by atoms with Crippen molar-refractivity contribution in [2.75, 3.05) is 19.6 Å². The van der Waals surface area contributed by atoms with Crippen molar-refractivity contribution in [3.05, 3.63) is 34.9 Å². The first-order chi connectivity index (χ1) is 8.72. The molecule has 18 heavy (non-hydrogen) atoms. The Morgan fingerprint density at radius 2 is 1.89 bits per heavy atom. The Balaban J connectivity index is 1.74. The summed E-state index contributed by atoms with van der Waals surface area (Å²) in [5.41, 5.74) is 4.26. The maximum absolute atomic E-state index is 3.59. The van der Waals surface area contributed by atoms with Crippen LogP contribution in [0, 0.1) is 13.8 Å². The van der Waals surface area contributed by atoms with Gasteiger partial charge >= 0.3 is 0 Å². The van der Waals surface area contributed by atoms with E-state index in [1.54, 1.807) is 0 Å². The minimum atomic E-state index is 0.886. The van der Waals surface area contributed by atoms with Crippen LogP contribution in [-0.4, -0.2) is 30.6 Å². The van der Waals surface area contributed by atoms with Gasteiger partial charge in [0.25, 0.3) is 0 Å². The molecule has 0 unspecified atom stereocenters. The average Bonchev–Trinajstić information content (AvgIpc) is 3.16. The summed E-state index contributed by atoms with van der Waals surface area (Å²) in [6.07, 6.45) is 2.81. The molecule has 1 aromatic rings. The second-order valence-corrected chi connectivity index (χ2v) is 5.41. The normalized spacial score (nSPS) is 15.3. The van der Waals surface area contributed by atoms with Gasteiger partial charge in [-0.15, -0.1) is 0 Å². The first kappa shape index (κ1) is 13.6. The van der Waals surface area contributed by atoms with Crippen molar-refractivity contribution >= 4 is 0 Å². The highest BCUT2D eigenvalue weighted by atomic mass is 15.2. The molecule has 0 amide bonds. The van der Waals surface area contributed by atoms with Gasteiger partial charge in [-0.2, -0.15) is 0 Å². The molecule has 1 aliphatic rings. The zero-order valence-electron chi connectivity index (χ0n) is 12.0. The van der Waals surface area contributed by atoms with Crippen molar-refractivity contribution in [3.63, 3.8) is 0 Å². The Kier molecular flexibility index (Phi) is 4.79. The molecule has 1 aromatic carbocycles. The van der Waals surface area contributed by atoms with E-state index >= 15 is 0 Å². The number of likely N-dealkylation sites (N-methyl/N-ethyl adjacent to an activating group) is 1. The third-order valence-electron chi connectivity index (χ3n) is 3.99. The number of benzene rings is 1. The lowest BCUT2D eigenvalue weighted by Crippen LogP contribution is -2.33. The summed E-state index contributed by atoms with van der Waals surface area (Å²) < 4.78 is 0. The Bertz CT molecular complexity index is 362. The molecule has 1 N–H and O–H groups in total. The van der Waals surface area contributed by atoms with Crippen LogP contribution in [0.5, 0.6) is 0 Å². The lowest BCUT2D eigenvalue weighted by molar-refractivity contribution is 0.277. The van der Waals surface area contributed by atoms with E-state index < -0.39 is 0 Å². The molecule has 0 heterocycles. The number of nitrogens with zero attached hydrogens (tertiary/aromatic N) is 1. The van der Waals surface area contributed by atoms with E-state index in [0.29, 0.717) is 0 Å². The van der Waals surface area contributed by atoms with Crippen LogP contribution in [0.15, 0.2) is 18.2 Å². The van der Waals surface area contributed by atoms with E-state index in [9.17, 15) is 0 Å². The number of hydrogen-bond acceptors (Lipinski definition) is 2. The zero-order chi connectivity index (χ0) is 13.0. The molecule has 0 aromatic heterocycles. The molecule has 100 valence electrons. The van der Waals surface area contributed by atoms with E-state index in [1.165, 1.54) is 42.6 Å². The van der Waals surface area contributed by atoms with Gasteiger partial charge in [0.05, 0.1) is 0 Å². The highest BCUT2D eigenvalue weighted by Crippen LogP contribution is 2.25. The Labute approximate surface area is 111 Å². The molecule has 1 fully saturated rings. The Hall–Kier alpha value is -0.860. The topological polar surface area (TPSA) is 15.3 Å². The quantitative estimate of drug-likeness (QED) is 0.744. The summed E-state index contributed by atoms with van der Waals surface area (Å²) in [4.78, 5) is 2.59. The maximum atomic E-state index is 3.59. The number of hydrogen-bond donors (Lipinski definition) is 1. The fraction of sp³-hybridized carbons (Fsp3) is 0.625. The van der Waals surface area contributed by atoms with Gasteiger partial charge in [-0.05, 0) is 49.9 Å². The second kappa shape index (κ2) is 6.35. The van der Waals surface area contributed by atoms with Crippen molar-refractivity contribution in [1.82, 2.24) is 10.2 Å². The van der Waals surface area contributed by atoms with Crippen LogP contribution in [0.25, 0.3) is 0 Å². The first-order valence-electron chi connectivity index (χ1n) is 7.22. The van der Waals surface area contributed by atoms with Gasteiger partial charge in [0, 0.05) is 25.7 Å². The van der Waals surface area contributed by atoms with E-state index in [-0.39, 0.29) is 0 Å². The molecule has 0 bridgehead atoms. The standard InChI is InChI=1S/C16H26N2/c1-4-18(15-8-9-15)11-10-17-12-16-13(2)6-5-7-14(16)3/h5-7,15,17H,4,8-12H2,1-3H3. The summed E-state index contributed by atoms with van der Waals surface area (Å²) in [6.45, 7) is 11.1. The SMILES string of the molecule is CCN(CCNCc1c(C)cccc1C)C1CC1. The molecule has 0 aliphatic heterocycles. The lowest BCUT2D eigenvalue weighted by Gasteiger charge is -2.20. The van der Waals surface area contributed by atoms with Gasteiger partial charge in [0.1, 0.15) is 0 Å². The maximum Gasteiger partial charge on any atom is 0.0211 e. The van der Waals surface area contributed by atoms with Crippen molar-refractivity contribution < 1.29 is 0 Å². The van der Waals surface area contributed by atoms with E-state index in [2.05, 4.69) is 49.2 Å². The zero-order valence-corrected chi connectivity index (χ0v) is 12.0. The number of rotatable bonds is 7. The minimum absolute atomic E-state index is 0.886. The van der Waals surface area contributed by atoms with Gasteiger partial charge in [-0.3, -0.25) is 4.90 Å². The van der Waals surface area contributed by atoms with Crippen molar-refractivity contribution in [2.24, 2.45) is 0 Å². The predicted molar refractivity (Wildman–Crippen MR) is 77.9 cm³/mol. The monoisotopic (exact) mass is 246 g/mol. The highest BCUT2D eigenvalue weighted by Gasteiger charge is 2.26. The second-order valence-electron chi connectivity index (χ2n) is 5.41.